The Hall–Kier alpha value is -3.71. The van der Waals surface area contributed by atoms with E-state index in [0.29, 0.717) is 0 Å². The lowest BCUT2D eigenvalue weighted by molar-refractivity contribution is -0.136. The SMILES string of the molecule is CCOC(=O)C1=c2s/c(=C\C(=O)OC)c(=O)n2C(N)=C(C#N)C1c1ccccc1F. The highest BCUT2D eigenvalue weighted by Gasteiger charge is 2.37. The maximum Gasteiger partial charge on any atom is 0.338 e. The van der Waals surface area contributed by atoms with E-state index in [9.17, 15) is 24.0 Å². The van der Waals surface area contributed by atoms with Crippen molar-refractivity contribution in [3.63, 3.8) is 0 Å². The van der Waals surface area contributed by atoms with Gasteiger partial charge in [0.15, 0.2) is 0 Å². The van der Waals surface area contributed by atoms with Crippen LogP contribution in [0.4, 0.5) is 4.39 Å². The average Bonchev–Trinajstić information content (AvgIpc) is 3.04. The van der Waals surface area contributed by atoms with E-state index < -0.39 is 29.2 Å². The smallest absolute Gasteiger partial charge is 0.338 e. The largest absolute Gasteiger partial charge is 0.466 e. The molecule has 8 nitrogen and oxygen atoms in total. The van der Waals surface area contributed by atoms with Crippen molar-refractivity contribution in [2.24, 2.45) is 5.73 Å². The first-order chi connectivity index (χ1) is 14.3. The number of nitriles is 1. The van der Waals surface area contributed by atoms with Crippen LogP contribution in [0.3, 0.4) is 0 Å². The molecule has 30 heavy (non-hydrogen) atoms. The molecule has 154 valence electrons. The molecule has 0 amide bonds. The molecule has 0 bridgehead atoms. The molecule has 0 fully saturated rings. The minimum atomic E-state index is -1.18. The number of nitrogens with zero attached hydrogens (tertiary/aromatic N) is 2. The van der Waals surface area contributed by atoms with Gasteiger partial charge < -0.3 is 15.2 Å². The van der Waals surface area contributed by atoms with Crippen molar-refractivity contribution in [2.75, 3.05) is 13.7 Å². The Bertz CT molecular complexity index is 1300. The van der Waals surface area contributed by atoms with Crippen molar-refractivity contribution >= 4 is 40.7 Å². The van der Waals surface area contributed by atoms with Gasteiger partial charge in [-0.1, -0.05) is 18.2 Å². The van der Waals surface area contributed by atoms with Gasteiger partial charge in [-0.15, -0.1) is 11.3 Å². The van der Waals surface area contributed by atoms with E-state index >= 15 is 0 Å². The number of allylic oxidation sites excluding steroid dienone is 1. The van der Waals surface area contributed by atoms with Crippen LogP contribution in [0.1, 0.15) is 18.4 Å². The molecule has 0 saturated carbocycles. The Morgan fingerprint density at radius 3 is 2.70 bits per heavy atom. The second-order valence-corrected chi connectivity index (χ2v) is 7.11. The standard InChI is InChI=1S/C20H16FN3O5S/c1-3-29-20(27)16-15(10-6-4-5-7-12(10)21)11(9-22)17(23)24-18(26)13(30-19(16)24)8-14(25)28-2/h4-8,15H,3,23H2,1-2H3/b13-8-. The molecule has 1 aromatic heterocycles. The lowest BCUT2D eigenvalue weighted by Gasteiger charge is -2.24. The van der Waals surface area contributed by atoms with Crippen LogP contribution in [0.5, 0.6) is 0 Å². The molecule has 2 heterocycles. The van der Waals surface area contributed by atoms with Crippen LogP contribution in [0.15, 0.2) is 34.6 Å². The summed E-state index contributed by atoms with van der Waals surface area (Å²) >= 11 is 0.799. The van der Waals surface area contributed by atoms with Crippen molar-refractivity contribution < 1.29 is 23.5 Å². The summed E-state index contributed by atoms with van der Waals surface area (Å²) in [6.07, 6.45) is 0.957. The molecule has 10 heteroatoms. The first-order valence-corrected chi connectivity index (χ1v) is 9.54. The number of carbonyl (C=O) groups excluding carboxylic acids is 2. The van der Waals surface area contributed by atoms with E-state index in [1.54, 1.807) is 13.0 Å². The number of benzene rings is 1. The Morgan fingerprint density at radius 2 is 2.10 bits per heavy atom. The van der Waals surface area contributed by atoms with E-state index in [4.69, 9.17) is 10.5 Å². The molecule has 1 unspecified atom stereocenters. The third-order valence-corrected chi connectivity index (χ3v) is 5.54. The third kappa shape index (κ3) is 3.40. The van der Waals surface area contributed by atoms with E-state index in [2.05, 4.69) is 4.74 Å². The number of rotatable bonds is 4. The number of ether oxygens (including phenoxy) is 2. The minimum absolute atomic E-state index is 0.0180. The summed E-state index contributed by atoms with van der Waals surface area (Å²) in [6.45, 7) is 1.61. The molecule has 1 atom stereocenters. The zero-order valence-electron chi connectivity index (χ0n) is 16.0. The molecule has 1 aliphatic rings. The zero-order valence-corrected chi connectivity index (χ0v) is 16.8. The first-order valence-electron chi connectivity index (χ1n) is 8.73. The predicted octanol–water partition coefficient (Wildman–Crippen LogP) is 0.164. The van der Waals surface area contributed by atoms with Crippen LogP contribution in [-0.4, -0.2) is 30.2 Å². The lowest BCUT2D eigenvalue weighted by Crippen LogP contribution is -2.40. The quantitative estimate of drug-likeness (QED) is 0.687. The number of halogens is 1. The third-order valence-electron chi connectivity index (χ3n) is 4.43. The van der Waals surface area contributed by atoms with Crippen LogP contribution in [0, 0.1) is 17.1 Å². The Balaban J connectivity index is 2.50. The molecule has 0 aliphatic carbocycles. The Kier molecular flexibility index (Phi) is 5.84. The molecule has 2 aromatic rings. The summed E-state index contributed by atoms with van der Waals surface area (Å²) in [6, 6.07) is 7.52. The normalized spacial score (nSPS) is 16.1. The fourth-order valence-corrected chi connectivity index (χ4v) is 4.27. The van der Waals surface area contributed by atoms with Crippen molar-refractivity contribution in [1.82, 2.24) is 4.57 Å². The summed E-state index contributed by atoms with van der Waals surface area (Å²) in [5, 5.41) is 9.75. The van der Waals surface area contributed by atoms with Gasteiger partial charge in [-0.3, -0.25) is 9.36 Å². The lowest BCUT2D eigenvalue weighted by atomic mass is 9.83. The fraction of sp³-hybridized carbons (Fsp3) is 0.200. The van der Waals surface area contributed by atoms with Gasteiger partial charge >= 0.3 is 11.9 Å². The highest BCUT2D eigenvalue weighted by atomic mass is 32.1. The number of thiazole rings is 1. The maximum atomic E-state index is 14.6. The van der Waals surface area contributed by atoms with E-state index in [0.717, 1.165) is 29.1 Å². The Morgan fingerprint density at radius 1 is 1.40 bits per heavy atom. The van der Waals surface area contributed by atoms with Crippen LogP contribution >= 0.6 is 11.3 Å². The number of nitrogens with two attached hydrogens (primary N) is 1. The number of hydrogen-bond donors (Lipinski definition) is 1. The van der Waals surface area contributed by atoms with Crippen LogP contribution < -0.4 is 20.5 Å². The second-order valence-electron chi connectivity index (χ2n) is 6.08. The number of carbonyl (C=O) groups is 2. The van der Waals surface area contributed by atoms with Crippen molar-refractivity contribution in [3.8, 4) is 6.07 Å². The van der Waals surface area contributed by atoms with Gasteiger partial charge in [-0.05, 0) is 13.0 Å². The molecule has 0 radical (unpaired) electrons. The van der Waals surface area contributed by atoms with E-state index in [-0.39, 0.29) is 38.3 Å². The van der Waals surface area contributed by atoms with Gasteiger partial charge in [0.2, 0.25) is 0 Å². The second kappa shape index (κ2) is 8.34. The monoisotopic (exact) mass is 429 g/mol. The molecule has 0 spiro atoms. The molecule has 3 rings (SSSR count). The molecular formula is C20H16FN3O5S. The molecule has 2 N–H and O–H groups in total. The minimum Gasteiger partial charge on any atom is -0.466 e. The topological polar surface area (TPSA) is 124 Å². The summed E-state index contributed by atoms with van der Waals surface area (Å²) in [5.41, 5.74) is 5.13. The van der Waals surface area contributed by atoms with Gasteiger partial charge in [0.25, 0.3) is 5.56 Å². The number of aromatic nitrogens is 1. The molecule has 1 aliphatic heterocycles. The van der Waals surface area contributed by atoms with Gasteiger partial charge in [0.05, 0.1) is 36.9 Å². The van der Waals surface area contributed by atoms with Gasteiger partial charge in [0, 0.05) is 11.6 Å². The Labute approximate surface area is 173 Å². The molecule has 0 saturated heterocycles. The number of esters is 2. The molecular weight excluding hydrogens is 413 g/mol. The summed E-state index contributed by atoms with van der Waals surface area (Å²) in [5.74, 6) is -3.69. The summed E-state index contributed by atoms with van der Waals surface area (Å²) in [7, 11) is 1.15. The van der Waals surface area contributed by atoms with E-state index in [1.807, 2.05) is 6.07 Å². The van der Waals surface area contributed by atoms with Crippen LogP contribution in [0.25, 0.3) is 17.5 Å². The van der Waals surface area contributed by atoms with Crippen molar-refractivity contribution in [2.45, 2.75) is 12.8 Å². The number of fused-ring (bicyclic) bond motifs is 1. The molecule has 1 aromatic carbocycles. The highest BCUT2D eigenvalue weighted by Crippen LogP contribution is 2.37. The van der Waals surface area contributed by atoms with Gasteiger partial charge in [0.1, 0.15) is 20.8 Å². The number of hydrogen-bond acceptors (Lipinski definition) is 8. The fourth-order valence-electron chi connectivity index (χ4n) is 3.14. The van der Waals surface area contributed by atoms with Gasteiger partial charge in [-0.2, -0.15) is 5.26 Å². The summed E-state index contributed by atoms with van der Waals surface area (Å²) in [4.78, 5) is 37.3. The zero-order chi connectivity index (χ0) is 22.0. The highest BCUT2D eigenvalue weighted by molar-refractivity contribution is 7.07. The van der Waals surface area contributed by atoms with Crippen molar-refractivity contribution in [1.29, 1.82) is 5.26 Å². The first kappa shape index (κ1) is 21.0. The predicted molar refractivity (Wildman–Crippen MR) is 107 cm³/mol. The van der Waals surface area contributed by atoms with Crippen molar-refractivity contribution in [3.05, 3.63) is 60.8 Å². The maximum absolute atomic E-state index is 14.6. The van der Waals surface area contributed by atoms with Gasteiger partial charge in [-0.25, -0.2) is 14.0 Å². The summed E-state index contributed by atoms with van der Waals surface area (Å²) < 4.78 is 25.3. The van der Waals surface area contributed by atoms with Crippen LogP contribution in [0.2, 0.25) is 0 Å². The average molecular weight is 429 g/mol. The van der Waals surface area contributed by atoms with E-state index in [1.165, 1.54) is 18.2 Å². The number of methoxy groups -OCH3 is 1. The van der Waals surface area contributed by atoms with Crippen LogP contribution in [-0.2, 0) is 19.1 Å².